The summed E-state index contributed by atoms with van der Waals surface area (Å²) in [4.78, 5) is 16.8. The lowest BCUT2D eigenvalue weighted by Crippen LogP contribution is -2.50. The highest BCUT2D eigenvalue weighted by Crippen LogP contribution is 2.22. The van der Waals surface area contributed by atoms with E-state index in [4.69, 9.17) is 4.74 Å². The lowest BCUT2D eigenvalue weighted by atomic mass is 10.0. The largest absolute Gasteiger partial charge is 0.377 e. The number of allylic oxidation sites excluding steroid dienone is 2. The molecule has 0 saturated carbocycles. The van der Waals surface area contributed by atoms with Gasteiger partial charge in [0.05, 0.1) is 6.10 Å². The smallest absolute Gasteiger partial charge is 0.223 e. The van der Waals surface area contributed by atoms with E-state index in [1.165, 1.54) is 12.8 Å². The molecule has 1 amide bonds. The molecule has 2 aliphatic heterocycles. The van der Waals surface area contributed by atoms with Crippen molar-refractivity contribution in [2.45, 2.75) is 38.2 Å². The number of carbonyl (C=O) groups excluding carboxylic acids is 1. The predicted molar refractivity (Wildman–Crippen MR) is 78.5 cm³/mol. The SMILES string of the molecule is O=C(C[C@@H]1C=CCC1)N1CCN(C[C@@H]2CCCO2)CC1. The zero-order valence-corrected chi connectivity index (χ0v) is 12.3. The predicted octanol–water partition coefficient (Wildman–Crippen LogP) is 1.67. The van der Waals surface area contributed by atoms with Gasteiger partial charge in [0.15, 0.2) is 0 Å². The zero-order chi connectivity index (χ0) is 13.8. The summed E-state index contributed by atoms with van der Waals surface area (Å²) in [6.45, 7) is 5.77. The maximum Gasteiger partial charge on any atom is 0.223 e. The lowest BCUT2D eigenvalue weighted by Gasteiger charge is -2.36. The fourth-order valence-electron chi connectivity index (χ4n) is 3.47. The van der Waals surface area contributed by atoms with Gasteiger partial charge in [-0.3, -0.25) is 9.69 Å². The second kappa shape index (κ2) is 6.72. The summed E-state index contributed by atoms with van der Waals surface area (Å²) < 4.78 is 5.69. The van der Waals surface area contributed by atoms with Crippen molar-refractivity contribution in [1.29, 1.82) is 0 Å². The molecule has 4 heteroatoms. The first-order chi connectivity index (χ1) is 9.81. The highest BCUT2D eigenvalue weighted by Gasteiger charge is 2.26. The Hall–Kier alpha value is -0.870. The van der Waals surface area contributed by atoms with Crippen LogP contribution >= 0.6 is 0 Å². The Morgan fingerprint density at radius 2 is 2.05 bits per heavy atom. The number of carbonyl (C=O) groups is 1. The molecule has 20 heavy (non-hydrogen) atoms. The summed E-state index contributed by atoms with van der Waals surface area (Å²) in [6.07, 6.45) is 10.3. The van der Waals surface area contributed by atoms with Gasteiger partial charge in [0, 0.05) is 45.8 Å². The van der Waals surface area contributed by atoms with E-state index in [0.717, 1.165) is 52.2 Å². The normalized spacial score (nSPS) is 31.1. The minimum absolute atomic E-state index is 0.346. The first-order valence-corrected chi connectivity index (χ1v) is 8.09. The summed E-state index contributed by atoms with van der Waals surface area (Å²) in [7, 11) is 0. The van der Waals surface area contributed by atoms with E-state index in [0.29, 0.717) is 24.3 Å². The van der Waals surface area contributed by atoms with Crippen molar-refractivity contribution in [3.8, 4) is 0 Å². The molecule has 2 fully saturated rings. The Bertz CT molecular complexity index is 355. The first kappa shape index (κ1) is 14.1. The molecule has 0 aromatic rings. The Kier molecular flexibility index (Phi) is 4.73. The van der Waals surface area contributed by atoms with Crippen molar-refractivity contribution in [3.63, 3.8) is 0 Å². The fourth-order valence-corrected chi connectivity index (χ4v) is 3.47. The van der Waals surface area contributed by atoms with E-state index >= 15 is 0 Å². The molecule has 0 N–H and O–H groups in total. The van der Waals surface area contributed by atoms with E-state index in [1.807, 2.05) is 0 Å². The monoisotopic (exact) mass is 278 g/mol. The first-order valence-electron chi connectivity index (χ1n) is 8.09. The van der Waals surface area contributed by atoms with Crippen LogP contribution in [0.5, 0.6) is 0 Å². The third-order valence-corrected chi connectivity index (χ3v) is 4.76. The molecular weight excluding hydrogens is 252 g/mol. The van der Waals surface area contributed by atoms with Gasteiger partial charge < -0.3 is 9.64 Å². The van der Waals surface area contributed by atoms with Crippen LogP contribution in [0.4, 0.5) is 0 Å². The zero-order valence-electron chi connectivity index (χ0n) is 12.3. The van der Waals surface area contributed by atoms with Crippen LogP contribution in [0, 0.1) is 5.92 Å². The third-order valence-electron chi connectivity index (χ3n) is 4.76. The molecule has 0 aromatic carbocycles. The average Bonchev–Trinajstić information content (AvgIpc) is 3.13. The number of piperazine rings is 1. The topological polar surface area (TPSA) is 32.8 Å². The summed E-state index contributed by atoms with van der Waals surface area (Å²) >= 11 is 0. The molecule has 0 radical (unpaired) electrons. The number of hydrogen-bond acceptors (Lipinski definition) is 3. The van der Waals surface area contributed by atoms with E-state index in [2.05, 4.69) is 22.0 Å². The Balaban J connectivity index is 1.38. The van der Waals surface area contributed by atoms with Gasteiger partial charge in [0.1, 0.15) is 0 Å². The highest BCUT2D eigenvalue weighted by atomic mass is 16.5. The summed E-state index contributed by atoms with van der Waals surface area (Å²) in [5.41, 5.74) is 0. The van der Waals surface area contributed by atoms with E-state index in [-0.39, 0.29) is 0 Å². The van der Waals surface area contributed by atoms with Crippen molar-refractivity contribution in [2.24, 2.45) is 5.92 Å². The van der Waals surface area contributed by atoms with Gasteiger partial charge in [-0.15, -0.1) is 0 Å². The van der Waals surface area contributed by atoms with Crippen LogP contribution < -0.4 is 0 Å². The number of amides is 1. The number of nitrogens with zero attached hydrogens (tertiary/aromatic N) is 2. The molecule has 0 unspecified atom stereocenters. The molecule has 0 spiro atoms. The van der Waals surface area contributed by atoms with Crippen molar-refractivity contribution in [1.82, 2.24) is 9.80 Å². The minimum Gasteiger partial charge on any atom is -0.377 e. The molecule has 112 valence electrons. The summed E-state index contributed by atoms with van der Waals surface area (Å²) in [6, 6.07) is 0. The summed E-state index contributed by atoms with van der Waals surface area (Å²) in [5.74, 6) is 0.839. The van der Waals surface area contributed by atoms with Gasteiger partial charge in [-0.05, 0) is 31.6 Å². The number of hydrogen-bond donors (Lipinski definition) is 0. The fraction of sp³-hybridized carbons (Fsp3) is 0.812. The van der Waals surface area contributed by atoms with Crippen molar-refractivity contribution in [2.75, 3.05) is 39.3 Å². The maximum absolute atomic E-state index is 12.3. The van der Waals surface area contributed by atoms with Gasteiger partial charge in [-0.1, -0.05) is 12.2 Å². The van der Waals surface area contributed by atoms with E-state index < -0.39 is 0 Å². The van der Waals surface area contributed by atoms with Crippen LogP contribution in [0.3, 0.4) is 0 Å². The van der Waals surface area contributed by atoms with Gasteiger partial charge in [0.25, 0.3) is 0 Å². The van der Waals surface area contributed by atoms with Crippen LogP contribution in [-0.2, 0) is 9.53 Å². The molecule has 2 heterocycles. The maximum atomic E-state index is 12.3. The van der Waals surface area contributed by atoms with E-state index in [9.17, 15) is 4.79 Å². The highest BCUT2D eigenvalue weighted by molar-refractivity contribution is 5.76. The standard InChI is InChI=1S/C16H26N2O2/c19-16(12-14-4-1-2-5-14)18-9-7-17(8-10-18)13-15-6-3-11-20-15/h1,4,14-15H,2-3,5-13H2/t14-,15+/m1/s1. The number of rotatable bonds is 4. The van der Waals surface area contributed by atoms with Crippen molar-refractivity contribution < 1.29 is 9.53 Å². The number of ether oxygens (including phenoxy) is 1. The van der Waals surface area contributed by atoms with E-state index in [1.54, 1.807) is 0 Å². The average molecular weight is 278 g/mol. The van der Waals surface area contributed by atoms with Gasteiger partial charge in [0.2, 0.25) is 5.91 Å². The third kappa shape index (κ3) is 3.61. The molecule has 2 atom stereocenters. The molecule has 4 nitrogen and oxygen atoms in total. The minimum atomic E-state index is 0.346. The van der Waals surface area contributed by atoms with Gasteiger partial charge in [-0.25, -0.2) is 0 Å². The second-order valence-corrected chi connectivity index (χ2v) is 6.29. The lowest BCUT2D eigenvalue weighted by molar-refractivity contribution is -0.133. The Morgan fingerprint density at radius 3 is 2.70 bits per heavy atom. The quantitative estimate of drug-likeness (QED) is 0.733. The van der Waals surface area contributed by atoms with Crippen LogP contribution in [0.25, 0.3) is 0 Å². The molecule has 0 bridgehead atoms. The van der Waals surface area contributed by atoms with Gasteiger partial charge >= 0.3 is 0 Å². The van der Waals surface area contributed by atoms with Crippen molar-refractivity contribution >= 4 is 5.91 Å². The van der Waals surface area contributed by atoms with Crippen LogP contribution in [-0.4, -0.2) is 61.1 Å². The molecule has 1 aliphatic carbocycles. The van der Waals surface area contributed by atoms with Crippen LogP contribution in [0.1, 0.15) is 32.1 Å². The molecule has 2 saturated heterocycles. The molecular formula is C16H26N2O2. The second-order valence-electron chi connectivity index (χ2n) is 6.29. The molecule has 3 rings (SSSR count). The van der Waals surface area contributed by atoms with Crippen molar-refractivity contribution in [3.05, 3.63) is 12.2 Å². The Labute approximate surface area is 121 Å². The van der Waals surface area contributed by atoms with Gasteiger partial charge in [-0.2, -0.15) is 0 Å². The van der Waals surface area contributed by atoms with Crippen LogP contribution in [0.15, 0.2) is 12.2 Å². The van der Waals surface area contributed by atoms with Crippen LogP contribution in [0.2, 0.25) is 0 Å². The Morgan fingerprint density at radius 1 is 1.20 bits per heavy atom. The molecule has 3 aliphatic rings. The summed E-state index contributed by atoms with van der Waals surface area (Å²) in [5, 5.41) is 0. The molecule has 0 aromatic heterocycles.